The van der Waals surface area contributed by atoms with Crippen molar-refractivity contribution in [3.8, 4) is 0 Å². The molecule has 0 aliphatic heterocycles. The molecule has 1 aliphatic carbocycles. The van der Waals surface area contributed by atoms with Crippen molar-refractivity contribution in [3.05, 3.63) is 35.9 Å². The Morgan fingerprint density at radius 2 is 1.73 bits per heavy atom. The zero-order chi connectivity index (χ0) is 22.3. The molecule has 30 heavy (non-hydrogen) atoms. The highest BCUT2D eigenvalue weighted by Gasteiger charge is 2.35. The molecule has 1 aliphatic rings. The van der Waals surface area contributed by atoms with Crippen molar-refractivity contribution >= 4 is 17.9 Å². The number of carbonyl (C=O) groups excluding carboxylic acids is 2. The van der Waals surface area contributed by atoms with E-state index in [0.29, 0.717) is 17.8 Å². The van der Waals surface area contributed by atoms with Crippen LogP contribution in [0.4, 0.5) is 4.79 Å². The van der Waals surface area contributed by atoms with Crippen molar-refractivity contribution in [1.29, 1.82) is 0 Å². The van der Waals surface area contributed by atoms with Crippen LogP contribution < -0.4 is 16.0 Å². The molecule has 4 N–H and O–H groups in total. The minimum Gasteiger partial charge on any atom is -0.465 e. The van der Waals surface area contributed by atoms with Gasteiger partial charge in [-0.05, 0) is 43.1 Å². The van der Waals surface area contributed by atoms with Crippen molar-refractivity contribution in [1.82, 2.24) is 16.0 Å². The lowest BCUT2D eigenvalue weighted by Gasteiger charge is -2.36. The van der Waals surface area contributed by atoms with E-state index in [1.807, 2.05) is 30.3 Å². The number of carbonyl (C=O) groups is 3. The normalized spacial score (nSPS) is 23.3. The Hall–Kier alpha value is -2.57. The first-order valence-electron chi connectivity index (χ1n) is 10.8. The van der Waals surface area contributed by atoms with Crippen LogP contribution >= 0.6 is 0 Å². The molecule has 1 unspecified atom stereocenters. The Kier molecular flexibility index (Phi) is 8.69. The van der Waals surface area contributed by atoms with Gasteiger partial charge >= 0.3 is 6.09 Å². The van der Waals surface area contributed by atoms with Gasteiger partial charge in [0.25, 0.3) is 0 Å². The Morgan fingerprint density at radius 1 is 1.07 bits per heavy atom. The summed E-state index contributed by atoms with van der Waals surface area (Å²) in [5, 5.41) is 16.9. The number of nitrogens with one attached hydrogen (secondary N) is 3. The van der Waals surface area contributed by atoms with E-state index in [0.717, 1.165) is 24.8 Å². The highest BCUT2D eigenvalue weighted by Crippen LogP contribution is 2.38. The van der Waals surface area contributed by atoms with E-state index in [2.05, 4.69) is 36.7 Å². The summed E-state index contributed by atoms with van der Waals surface area (Å²) in [4.78, 5) is 36.3. The maximum absolute atomic E-state index is 13.0. The maximum atomic E-state index is 13.0. The van der Waals surface area contributed by atoms with Crippen molar-refractivity contribution in [2.75, 3.05) is 6.54 Å². The molecular weight excluding hydrogens is 382 g/mol. The fourth-order valence-electron chi connectivity index (χ4n) is 4.32. The Labute approximate surface area is 179 Å². The molecule has 0 bridgehead atoms. The van der Waals surface area contributed by atoms with Gasteiger partial charge in [-0.1, -0.05) is 57.5 Å². The number of hydrogen-bond acceptors (Lipinski definition) is 3. The van der Waals surface area contributed by atoms with Crippen LogP contribution in [0.1, 0.15) is 58.6 Å². The second kappa shape index (κ2) is 11.0. The van der Waals surface area contributed by atoms with Gasteiger partial charge in [0.1, 0.15) is 6.04 Å². The molecule has 0 spiro atoms. The van der Waals surface area contributed by atoms with E-state index < -0.39 is 24.1 Å². The van der Waals surface area contributed by atoms with Gasteiger partial charge in [0.2, 0.25) is 11.8 Å². The average Bonchev–Trinajstić information content (AvgIpc) is 2.70. The molecule has 0 aromatic heterocycles. The van der Waals surface area contributed by atoms with E-state index in [1.165, 1.54) is 6.92 Å². The molecule has 166 valence electrons. The van der Waals surface area contributed by atoms with Crippen LogP contribution in [0.3, 0.4) is 0 Å². The fraction of sp³-hybridized carbons (Fsp3) is 0.609. The van der Waals surface area contributed by atoms with Gasteiger partial charge in [-0.15, -0.1) is 0 Å². The second-order valence-electron chi connectivity index (χ2n) is 8.82. The molecule has 0 saturated heterocycles. The Morgan fingerprint density at radius 3 is 2.33 bits per heavy atom. The molecule has 5 atom stereocenters. The van der Waals surface area contributed by atoms with Crippen molar-refractivity contribution < 1.29 is 19.5 Å². The summed E-state index contributed by atoms with van der Waals surface area (Å²) < 4.78 is 0. The van der Waals surface area contributed by atoms with Gasteiger partial charge in [-0.25, -0.2) is 4.79 Å². The van der Waals surface area contributed by atoms with Crippen molar-refractivity contribution in [2.24, 2.45) is 23.7 Å². The van der Waals surface area contributed by atoms with E-state index in [9.17, 15) is 14.4 Å². The first-order chi connectivity index (χ1) is 14.2. The minimum absolute atomic E-state index is 0.0199. The fourth-order valence-corrected chi connectivity index (χ4v) is 4.32. The standard InChI is InChI=1S/C23H35N3O4/c1-14(2)18-11-10-15(3)12-19(18)22(28)24-13-20(17-8-6-5-7-9-17)26-21(27)16(4)25-23(29)30/h5-9,14-16,18-20,25H,10-13H2,1-4H3,(H,24,28)(H,26,27)(H,29,30)/t15-,16?,18+,19-,20-/m1/s1. The molecule has 0 heterocycles. The quantitative estimate of drug-likeness (QED) is 0.520. The smallest absolute Gasteiger partial charge is 0.405 e. The molecular formula is C23H35N3O4. The zero-order valence-electron chi connectivity index (χ0n) is 18.4. The van der Waals surface area contributed by atoms with Gasteiger partial charge in [-0.2, -0.15) is 0 Å². The lowest BCUT2D eigenvalue weighted by Crippen LogP contribution is -2.48. The molecule has 3 amide bonds. The lowest BCUT2D eigenvalue weighted by molar-refractivity contribution is -0.130. The van der Waals surface area contributed by atoms with Gasteiger partial charge in [0.15, 0.2) is 0 Å². The predicted molar refractivity (Wildman–Crippen MR) is 116 cm³/mol. The molecule has 1 aromatic carbocycles. The van der Waals surface area contributed by atoms with Crippen LogP contribution in [0.15, 0.2) is 30.3 Å². The maximum Gasteiger partial charge on any atom is 0.405 e. The van der Waals surface area contributed by atoms with Crippen LogP contribution in [0.25, 0.3) is 0 Å². The largest absolute Gasteiger partial charge is 0.465 e. The van der Waals surface area contributed by atoms with Crippen LogP contribution in [-0.4, -0.2) is 35.6 Å². The van der Waals surface area contributed by atoms with Crippen LogP contribution in [0.2, 0.25) is 0 Å². The van der Waals surface area contributed by atoms with E-state index in [4.69, 9.17) is 5.11 Å². The summed E-state index contributed by atoms with van der Waals surface area (Å²) in [5.41, 5.74) is 0.853. The van der Waals surface area contributed by atoms with Crippen LogP contribution in [0, 0.1) is 23.7 Å². The van der Waals surface area contributed by atoms with Gasteiger partial charge in [0, 0.05) is 12.5 Å². The summed E-state index contributed by atoms with van der Waals surface area (Å²) in [6.45, 7) is 8.28. The van der Waals surface area contributed by atoms with Gasteiger partial charge in [0.05, 0.1) is 6.04 Å². The summed E-state index contributed by atoms with van der Waals surface area (Å²) in [5.74, 6) is 0.919. The number of rotatable bonds is 8. The van der Waals surface area contributed by atoms with Crippen LogP contribution in [0.5, 0.6) is 0 Å². The number of amides is 3. The number of hydrogen-bond donors (Lipinski definition) is 4. The molecule has 7 nitrogen and oxygen atoms in total. The highest BCUT2D eigenvalue weighted by atomic mass is 16.4. The lowest BCUT2D eigenvalue weighted by atomic mass is 9.70. The van der Waals surface area contributed by atoms with Gasteiger partial charge in [-0.3, -0.25) is 9.59 Å². The first kappa shape index (κ1) is 23.7. The van der Waals surface area contributed by atoms with Crippen molar-refractivity contribution in [2.45, 2.75) is 59.0 Å². The average molecular weight is 418 g/mol. The Bertz CT molecular complexity index is 722. The molecule has 1 fully saturated rings. The molecule has 7 heteroatoms. The third-order valence-corrected chi connectivity index (χ3v) is 6.09. The molecule has 1 saturated carbocycles. The molecule has 2 rings (SSSR count). The highest BCUT2D eigenvalue weighted by molar-refractivity contribution is 5.85. The summed E-state index contributed by atoms with van der Waals surface area (Å²) in [6.07, 6.45) is 1.85. The first-order valence-corrected chi connectivity index (χ1v) is 10.8. The summed E-state index contributed by atoms with van der Waals surface area (Å²) in [6, 6.07) is 8.04. The van der Waals surface area contributed by atoms with E-state index in [1.54, 1.807) is 0 Å². The minimum atomic E-state index is -1.26. The topological polar surface area (TPSA) is 108 Å². The Balaban J connectivity index is 2.07. The van der Waals surface area contributed by atoms with E-state index >= 15 is 0 Å². The number of carboxylic acid groups (broad SMARTS) is 1. The third kappa shape index (κ3) is 6.75. The number of benzene rings is 1. The second-order valence-corrected chi connectivity index (χ2v) is 8.82. The van der Waals surface area contributed by atoms with Crippen molar-refractivity contribution in [3.63, 3.8) is 0 Å². The SMILES string of the molecule is CC(NC(=O)O)C(=O)N[C@H](CNC(=O)[C@@H]1C[C@H](C)CC[C@H]1C(C)C)c1ccccc1. The summed E-state index contributed by atoms with van der Waals surface area (Å²) in [7, 11) is 0. The zero-order valence-corrected chi connectivity index (χ0v) is 18.4. The molecule has 0 radical (unpaired) electrons. The third-order valence-electron chi connectivity index (χ3n) is 6.09. The van der Waals surface area contributed by atoms with Crippen LogP contribution in [-0.2, 0) is 9.59 Å². The van der Waals surface area contributed by atoms with E-state index in [-0.39, 0.29) is 18.4 Å². The predicted octanol–water partition coefficient (Wildman–Crippen LogP) is 3.32. The monoisotopic (exact) mass is 417 g/mol. The molecule has 1 aromatic rings. The van der Waals surface area contributed by atoms with Gasteiger partial charge < -0.3 is 21.1 Å². The summed E-state index contributed by atoms with van der Waals surface area (Å²) >= 11 is 0.